The van der Waals surface area contributed by atoms with Crippen LogP contribution in [0.25, 0.3) is 0 Å². The predicted molar refractivity (Wildman–Crippen MR) is 129 cm³/mol. The van der Waals surface area contributed by atoms with Crippen LogP contribution in [-0.2, 0) is 16.5 Å². The molecule has 0 fully saturated rings. The first-order chi connectivity index (χ1) is 15.4. The summed E-state index contributed by atoms with van der Waals surface area (Å²) < 4.78 is 39.2. The van der Waals surface area contributed by atoms with Crippen LogP contribution in [0.4, 0.5) is 0 Å². The number of phenolic OH excluding ortho intramolecular Hbond substituents is 1. The molecule has 2 aromatic rings. The Morgan fingerprint density at radius 1 is 0.750 bits per heavy atom. The quantitative estimate of drug-likeness (QED) is 0.197. The molecule has 0 saturated carbocycles. The standard InChI is InChI=1S/C26H38O5S/c1-2-3-4-5-6-7-8-9-10-11-12-14-17-22-20-21-24(25(27)26(22)32(28,29)30)31-23-18-15-13-16-19-23/h13,15-16,18-21,27H,2-12,14,17H2,1H3,(H,28,29,30). The van der Waals surface area contributed by atoms with E-state index < -0.39 is 20.8 Å². The third-order valence-corrected chi connectivity index (χ3v) is 6.68. The maximum atomic E-state index is 11.9. The van der Waals surface area contributed by atoms with Crippen LogP contribution >= 0.6 is 0 Å². The maximum absolute atomic E-state index is 11.9. The van der Waals surface area contributed by atoms with Gasteiger partial charge in [-0.15, -0.1) is 0 Å². The van der Waals surface area contributed by atoms with Crippen LogP contribution in [0.5, 0.6) is 17.2 Å². The molecule has 0 aromatic heterocycles. The lowest BCUT2D eigenvalue weighted by atomic mass is 10.0. The summed E-state index contributed by atoms with van der Waals surface area (Å²) in [5.74, 6) is -0.0761. The number of hydrogen-bond donors (Lipinski definition) is 2. The zero-order valence-corrected chi connectivity index (χ0v) is 20.1. The summed E-state index contributed by atoms with van der Waals surface area (Å²) in [5.41, 5.74) is 0.414. The molecule has 6 heteroatoms. The third-order valence-electron chi connectivity index (χ3n) is 5.70. The van der Waals surface area contributed by atoms with E-state index in [-0.39, 0.29) is 5.75 Å². The summed E-state index contributed by atoms with van der Waals surface area (Å²) >= 11 is 0. The first-order valence-electron chi connectivity index (χ1n) is 12.0. The summed E-state index contributed by atoms with van der Waals surface area (Å²) in [4.78, 5) is -0.450. The molecule has 32 heavy (non-hydrogen) atoms. The van der Waals surface area contributed by atoms with Crippen molar-refractivity contribution in [3.63, 3.8) is 0 Å². The minimum atomic E-state index is -4.58. The highest BCUT2D eigenvalue weighted by atomic mass is 32.2. The number of hydrogen-bond acceptors (Lipinski definition) is 4. The summed E-state index contributed by atoms with van der Waals surface area (Å²) in [5, 5.41) is 10.5. The molecule has 0 aliphatic carbocycles. The van der Waals surface area contributed by atoms with Crippen LogP contribution in [0.3, 0.4) is 0 Å². The van der Waals surface area contributed by atoms with Crippen molar-refractivity contribution < 1.29 is 22.8 Å². The molecule has 0 aliphatic rings. The van der Waals surface area contributed by atoms with Crippen molar-refractivity contribution in [1.82, 2.24) is 0 Å². The summed E-state index contributed by atoms with van der Waals surface area (Å²) in [6, 6.07) is 11.9. The van der Waals surface area contributed by atoms with Gasteiger partial charge in [0.15, 0.2) is 11.5 Å². The molecule has 178 valence electrons. The SMILES string of the molecule is CCCCCCCCCCCCCCc1ccc(Oc2ccccc2)c(O)c1S(=O)(=O)O. The number of ether oxygens (including phenoxy) is 1. The second-order valence-electron chi connectivity index (χ2n) is 8.43. The fourth-order valence-electron chi connectivity index (χ4n) is 3.93. The van der Waals surface area contributed by atoms with Crippen molar-refractivity contribution >= 4 is 10.1 Å². The molecule has 5 nitrogen and oxygen atoms in total. The second kappa shape index (κ2) is 14.2. The van der Waals surface area contributed by atoms with Gasteiger partial charge in [-0.05, 0) is 36.6 Å². The molecule has 0 aliphatic heterocycles. The van der Waals surface area contributed by atoms with Crippen LogP contribution in [0.15, 0.2) is 47.4 Å². The van der Waals surface area contributed by atoms with Crippen LogP contribution in [0, 0.1) is 0 Å². The van der Waals surface area contributed by atoms with Gasteiger partial charge in [0.2, 0.25) is 0 Å². The molecule has 0 bridgehead atoms. The van der Waals surface area contributed by atoms with Gasteiger partial charge in [0.1, 0.15) is 10.6 Å². The Kier molecular flexibility index (Phi) is 11.6. The zero-order chi connectivity index (χ0) is 23.2. The van der Waals surface area contributed by atoms with Crippen molar-refractivity contribution in [3.8, 4) is 17.2 Å². The largest absolute Gasteiger partial charge is 0.503 e. The van der Waals surface area contributed by atoms with Crippen LogP contribution in [0.2, 0.25) is 0 Å². The number of benzene rings is 2. The Morgan fingerprint density at radius 3 is 1.81 bits per heavy atom. The maximum Gasteiger partial charge on any atom is 0.298 e. The van der Waals surface area contributed by atoms with Gasteiger partial charge in [0.05, 0.1) is 0 Å². The van der Waals surface area contributed by atoms with Crippen LogP contribution < -0.4 is 4.74 Å². The lowest BCUT2D eigenvalue weighted by Crippen LogP contribution is -2.05. The van der Waals surface area contributed by atoms with E-state index in [4.69, 9.17) is 4.74 Å². The first kappa shape index (κ1) is 26.2. The molecule has 0 unspecified atom stereocenters. The third kappa shape index (κ3) is 9.21. The molecule has 0 spiro atoms. The number of phenols is 1. The van der Waals surface area contributed by atoms with Gasteiger partial charge in [-0.3, -0.25) is 4.55 Å². The Hall–Kier alpha value is -2.05. The summed E-state index contributed by atoms with van der Waals surface area (Å²) in [6.45, 7) is 2.24. The van der Waals surface area contributed by atoms with Crippen molar-refractivity contribution in [2.24, 2.45) is 0 Å². The Bertz CT molecular complexity index is 894. The minimum absolute atomic E-state index is 0.00210. The molecule has 2 aromatic carbocycles. The van der Waals surface area contributed by atoms with Gasteiger partial charge in [-0.25, -0.2) is 0 Å². The number of rotatable bonds is 16. The number of unbranched alkanes of at least 4 members (excludes halogenated alkanes) is 11. The smallest absolute Gasteiger partial charge is 0.298 e. The van der Waals surface area contributed by atoms with E-state index in [1.165, 1.54) is 57.8 Å². The van der Waals surface area contributed by atoms with Gasteiger partial charge >= 0.3 is 0 Å². The molecule has 2 rings (SSSR count). The minimum Gasteiger partial charge on any atom is -0.503 e. The van der Waals surface area contributed by atoms with Crippen LogP contribution in [0.1, 0.15) is 89.5 Å². The van der Waals surface area contributed by atoms with E-state index in [9.17, 15) is 18.1 Å². The van der Waals surface area contributed by atoms with Gasteiger partial charge in [0, 0.05) is 0 Å². The summed E-state index contributed by atoms with van der Waals surface area (Å²) in [7, 11) is -4.58. The normalized spacial score (nSPS) is 11.6. The van der Waals surface area contributed by atoms with E-state index in [0.29, 0.717) is 17.7 Å². The summed E-state index contributed by atoms with van der Waals surface area (Å²) in [6.07, 6.45) is 15.1. The fraction of sp³-hybridized carbons (Fsp3) is 0.538. The van der Waals surface area contributed by atoms with E-state index in [1.807, 2.05) is 6.07 Å². The van der Waals surface area contributed by atoms with E-state index >= 15 is 0 Å². The fourth-order valence-corrected chi connectivity index (χ4v) is 4.78. The molecule has 0 amide bonds. The Labute approximate surface area is 193 Å². The lowest BCUT2D eigenvalue weighted by Gasteiger charge is -2.14. The molecule has 0 heterocycles. The van der Waals surface area contributed by atoms with Gasteiger partial charge < -0.3 is 9.84 Å². The Balaban J connectivity index is 1.80. The Morgan fingerprint density at radius 2 is 1.28 bits per heavy atom. The van der Waals surface area contributed by atoms with Gasteiger partial charge in [-0.1, -0.05) is 102 Å². The molecule has 0 saturated heterocycles. The molecule has 0 atom stereocenters. The number of para-hydroxylation sites is 1. The monoisotopic (exact) mass is 462 g/mol. The van der Waals surface area contributed by atoms with Gasteiger partial charge in [-0.2, -0.15) is 8.42 Å². The second-order valence-corrected chi connectivity index (χ2v) is 9.79. The van der Waals surface area contributed by atoms with Crippen molar-refractivity contribution in [3.05, 3.63) is 48.0 Å². The lowest BCUT2D eigenvalue weighted by molar-refractivity contribution is 0.394. The highest BCUT2D eigenvalue weighted by molar-refractivity contribution is 7.86. The predicted octanol–water partition coefficient (Wildman–Crippen LogP) is 7.67. The molecule has 2 N–H and O–H groups in total. The average molecular weight is 463 g/mol. The van der Waals surface area contributed by atoms with Crippen molar-refractivity contribution in [2.75, 3.05) is 0 Å². The molecular formula is C26H38O5S. The highest BCUT2D eigenvalue weighted by Crippen LogP contribution is 2.38. The first-order valence-corrected chi connectivity index (χ1v) is 13.4. The highest BCUT2D eigenvalue weighted by Gasteiger charge is 2.24. The van der Waals surface area contributed by atoms with E-state index in [0.717, 1.165) is 19.3 Å². The van der Waals surface area contributed by atoms with Crippen molar-refractivity contribution in [1.29, 1.82) is 0 Å². The van der Waals surface area contributed by atoms with Crippen molar-refractivity contribution in [2.45, 2.75) is 95.3 Å². The average Bonchev–Trinajstić information content (AvgIpc) is 2.76. The molecular weight excluding hydrogens is 424 g/mol. The van der Waals surface area contributed by atoms with E-state index in [2.05, 4.69) is 6.92 Å². The zero-order valence-electron chi connectivity index (χ0n) is 19.3. The van der Waals surface area contributed by atoms with Crippen LogP contribution in [-0.4, -0.2) is 18.1 Å². The van der Waals surface area contributed by atoms with Gasteiger partial charge in [0.25, 0.3) is 10.1 Å². The van der Waals surface area contributed by atoms with E-state index in [1.54, 1.807) is 36.4 Å². The topological polar surface area (TPSA) is 83.8 Å². The molecule has 0 radical (unpaired) electrons. The number of aryl methyl sites for hydroxylation is 1. The number of aromatic hydroxyl groups is 1.